The summed E-state index contributed by atoms with van der Waals surface area (Å²) in [4.78, 5) is 24.9. The van der Waals surface area contributed by atoms with Gasteiger partial charge in [0.15, 0.2) is 0 Å². The third-order valence-corrected chi connectivity index (χ3v) is 4.35. The molecule has 2 aliphatic rings. The fraction of sp³-hybridized carbons (Fsp3) is 0.438. The summed E-state index contributed by atoms with van der Waals surface area (Å²) in [6.45, 7) is 2.48. The highest BCUT2D eigenvalue weighted by atomic mass is 19.1. The Morgan fingerprint density at radius 1 is 1.05 bits per heavy atom. The van der Waals surface area contributed by atoms with Gasteiger partial charge in [-0.3, -0.25) is 9.69 Å². The number of carbonyl (C=O) groups excluding carboxylic acids is 1. The Bertz CT molecular complexity index is 742. The zero-order chi connectivity index (χ0) is 15.1. The van der Waals surface area contributed by atoms with E-state index in [2.05, 4.69) is 14.9 Å². The van der Waals surface area contributed by atoms with Gasteiger partial charge in [-0.2, -0.15) is 4.98 Å². The van der Waals surface area contributed by atoms with Gasteiger partial charge in [-0.25, -0.2) is 9.37 Å². The van der Waals surface area contributed by atoms with Crippen molar-refractivity contribution in [2.75, 3.05) is 29.4 Å². The van der Waals surface area contributed by atoms with Crippen molar-refractivity contribution >= 4 is 28.6 Å². The van der Waals surface area contributed by atoms with Crippen LogP contribution in [0.4, 0.5) is 16.2 Å². The lowest BCUT2D eigenvalue weighted by Gasteiger charge is -2.21. The van der Waals surface area contributed by atoms with Gasteiger partial charge >= 0.3 is 0 Å². The Balaban J connectivity index is 1.88. The molecule has 0 atom stereocenters. The molecule has 2 fully saturated rings. The maximum atomic E-state index is 13.6. The van der Waals surface area contributed by atoms with Gasteiger partial charge in [-0.15, -0.1) is 0 Å². The average Bonchev–Trinajstić information content (AvgIpc) is 3.17. The standard InChI is InChI=1S/C16H17FN4O/c17-11-5-6-13-12(10-11)15(20-7-1-2-8-20)19-16(18-13)21-9-3-4-14(21)22/h5-6,10H,1-4,7-9H2. The second-order valence-electron chi connectivity index (χ2n) is 5.85. The molecule has 22 heavy (non-hydrogen) atoms. The van der Waals surface area contributed by atoms with Crippen LogP contribution in [-0.2, 0) is 4.79 Å². The van der Waals surface area contributed by atoms with Crippen molar-refractivity contribution in [3.05, 3.63) is 24.0 Å². The summed E-state index contributed by atoms with van der Waals surface area (Å²) < 4.78 is 13.6. The van der Waals surface area contributed by atoms with Gasteiger partial charge in [-0.1, -0.05) is 0 Å². The van der Waals surface area contributed by atoms with Crippen LogP contribution in [0.5, 0.6) is 0 Å². The second kappa shape index (κ2) is 5.19. The van der Waals surface area contributed by atoms with Crippen LogP contribution in [0.2, 0.25) is 0 Å². The van der Waals surface area contributed by atoms with Crippen molar-refractivity contribution in [2.45, 2.75) is 25.7 Å². The zero-order valence-electron chi connectivity index (χ0n) is 12.3. The fourth-order valence-electron chi connectivity index (χ4n) is 3.22. The Kier molecular flexibility index (Phi) is 3.17. The number of hydrogen-bond acceptors (Lipinski definition) is 4. The summed E-state index contributed by atoms with van der Waals surface area (Å²) in [6.07, 6.45) is 3.60. The quantitative estimate of drug-likeness (QED) is 0.855. The summed E-state index contributed by atoms with van der Waals surface area (Å²) >= 11 is 0. The zero-order valence-corrected chi connectivity index (χ0v) is 12.3. The highest BCUT2D eigenvalue weighted by Gasteiger charge is 2.26. The number of rotatable bonds is 2. The molecule has 2 aromatic rings. The molecule has 114 valence electrons. The van der Waals surface area contributed by atoms with Crippen molar-refractivity contribution < 1.29 is 9.18 Å². The summed E-state index contributed by atoms with van der Waals surface area (Å²) in [5.41, 5.74) is 0.688. The number of nitrogens with zero attached hydrogens (tertiary/aromatic N) is 4. The van der Waals surface area contributed by atoms with Crippen LogP contribution in [0.25, 0.3) is 10.9 Å². The number of carbonyl (C=O) groups is 1. The van der Waals surface area contributed by atoms with E-state index in [1.54, 1.807) is 11.0 Å². The molecule has 0 unspecified atom stereocenters. The van der Waals surface area contributed by atoms with E-state index in [0.717, 1.165) is 43.6 Å². The first-order valence-electron chi connectivity index (χ1n) is 7.75. The molecule has 0 spiro atoms. The number of benzene rings is 1. The first kappa shape index (κ1) is 13.4. The highest BCUT2D eigenvalue weighted by Crippen LogP contribution is 2.30. The monoisotopic (exact) mass is 300 g/mol. The molecule has 1 aromatic carbocycles. The van der Waals surface area contributed by atoms with E-state index in [1.807, 2.05) is 0 Å². The molecule has 5 nitrogen and oxygen atoms in total. The van der Waals surface area contributed by atoms with Crippen LogP contribution < -0.4 is 9.80 Å². The number of fused-ring (bicyclic) bond motifs is 1. The van der Waals surface area contributed by atoms with Crippen LogP contribution in [0.3, 0.4) is 0 Å². The van der Waals surface area contributed by atoms with E-state index in [9.17, 15) is 9.18 Å². The van der Waals surface area contributed by atoms with Crippen molar-refractivity contribution in [2.24, 2.45) is 0 Å². The Morgan fingerprint density at radius 2 is 1.86 bits per heavy atom. The van der Waals surface area contributed by atoms with Gasteiger partial charge in [-0.05, 0) is 37.5 Å². The van der Waals surface area contributed by atoms with Crippen LogP contribution in [0.1, 0.15) is 25.7 Å². The lowest BCUT2D eigenvalue weighted by molar-refractivity contribution is -0.117. The summed E-state index contributed by atoms with van der Waals surface area (Å²) in [5.74, 6) is 0.968. The molecule has 0 N–H and O–H groups in total. The number of halogens is 1. The molecular formula is C16H17FN4O. The maximum Gasteiger partial charge on any atom is 0.234 e. The van der Waals surface area contributed by atoms with Crippen molar-refractivity contribution in [1.29, 1.82) is 0 Å². The van der Waals surface area contributed by atoms with E-state index in [-0.39, 0.29) is 11.7 Å². The van der Waals surface area contributed by atoms with Gasteiger partial charge in [0.05, 0.1) is 5.52 Å². The van der Waals surface area contributed by atoms with Crippen molar-refractivity contribution in [3.8, 4) is 0 Å². The normalized spacial score (nSPS) is 18.7. The number of amides is 1. The second-order valence-corrected chi connectivity index (χ2v) is 5.85. The lowest BCUT2D eigenvalue weighted by atomic mass is 10.2. The van der Waals surface area contributed by atoms with Gasteiger partial charge in [0.2, 0.25) is 11.9 Å². The molecule has 3 heterocycles. The first-order chi connectivity index (χ1) is 10.7. The largest absolute Gasteiger partial charge is 0.356 e. The number of aromatic nitrogens is 2. The van der Waals surface area contributed by atoms with Gasteiger partial charge in [0.1, 0.15) is 11.6 Å². The Morgan fingerprint density at radius 3 is 2.59 bits per heavy atom. The predicted octanol–water partition coefficient (Wildman–Crippen LogP) is 2.50. The molecule has 0 radical (unpaired) electrons. The van der Waals surface area contributed by atoms with Gasteiger partial charge in [0, 0.05) is 31.4 Å². The highest BCUT2D eigenvalue weighted by molar-refractivity contribution is 5.96. The smallest absolute Gasteiger partial charge is 0.234 e. The molecule has 6 heteroatoms. The van der Waals surface area contributed by atoms with E-state index in [1.165, 1.54) is 12.1 Å². The summed E-state index contributed by atoms with van der Waals surface area (Å²) in [5, 5.41) is 0.720. The van der Waals surface area contributed by atoms with Crippen LogP contribution in [0, 0.1) is 5.82 Å². The van der Waals surface area contributed by atoms with E-state index < -0.39 is 0 Å². The maximum absolute atomic E-state index is 13.6. The topological polar surface area (TPSA) is 49.3 Å². The molecule has 0 aliphatic carbocycles. The molecule has 1 aromatic heterocycles. The minimum absolute atomic E-state index is 0.0637. The molecule has 2 saturated heterocycles. The molecule has 2 aliphatic heterocycles. The molecule has 0 bridgehead atoms. The summed E-state index contributed by atoms with van der Waals surface area (Å²) in [6, 6.07) is 4.55. The van der Waals surface area contributed by atoms with Crippen LogP contribution >= 0.6 is 0 Å². The minimum Gasteiger partial charge on any atom is -0.356 e. The molecule has 1 amide bonds. The summed E-state index contributed by atoms with van der Waals surface area (Å²) in [7, 11) is 0. The van der Waals surface area contributed by atoms with Crippen LogP contribution in [-0.4, -0.2) is 35.5 Å². The SMILES string of the molecule is O=C1CCCN1c1nc(N2CCCC2)c2cc(F)ccc2n1. The number of hydrogen-bond donors (Lipinski definition) is 0. The van der Waals surface area contributed by atoms with E-state index in [0.29, 0.717) is 24.4 Å². The third kappa shape index (κ3) is 2.19. The molecule has 4 rings (SSSR count). The Hall–Kier alpha value is -2.24. The van der Waals surface area contributed by atoms with E-state index in [4.69, 9.17) is 0 Å². The molecule has 0 saturated carbocycles. The lowest BCUT2D eigenvalue weighted by Crippen LogP contribution is -2.27. The number of anilines is 2. The third-order valence-electron chi connectivity index (χ3n) is 4.35. The van der Waals surface area contributed by atoms with Crippen molar-refractivity contribution in [3.63, 3.8) is 0 Å². The van der Waals surface area contributed by atoms with Gasteiger partial charge in [0.25, 0.3) is 0 Å². The first-order valence-corrected chi connectivity index (χ1v) is 7.75. The predicted molar refractivity (Wildman–Crippen MR) is 82.5 cm³/mol. The Labute approximate surface area is 127 Å². The van der Waals surface area contributed by atoms with Crippen LogP contribution in [0.15, 0.2) is 18.2 Å². The average molecular weight is 300 g/mol. The van der Waals surface area contributed by atoms with Gasteiger partial charge < -0.3 is 4.90 Å². The minimum atomic E-state index is -0.290. The fourth-order valence-corrected chi connectivity index (χ4v) is 3.22. The molecular weight excluding hydrogens is 283 g/mol. The van der Waals surface area contributed by atoms with E-state index >= 15 is 0 Å². The van der Waals surface area contributed by atoms with Crippen molar-refractivity contribution in [1.82, 2.24) is 9.97 Å².